The SMILES string of the molecule is CCC(CC)C(=O)N1CCC(COc2ccccc2C(=O)N2CCCC2)CC1. The van der Waals surface area contributed by atoms with E-state index in [1.54, 1.807) is 0 Å². The average molecular weight is 387 g/mol. The lowest BCUT2D eigenvalue weighted by atomic mass is 9.95. The molecule has 1 aromatic rings. The number of ether oxygens (including phenoxy) is 1. The molecule has 28 heavy (non-hydrogen) atoms. The molecule has 154 valence electrons. The molecule has 0 radical (unpaired) electrons. The lowest BCUT2D eigenvalue weighted by molar-refractivity contribution is -0.137. The van der Waals surface area contributed by atoms with Crippen LogP contribution in [0.25, 0.3) is 0 Å². The predicted molar refractivity (Wildman–Crippen MR) is 110 cm³/mol. The second-order valence-electron chi connectivity index (χ2n) is 8.09. The summed E-state index contributed by atoms with van der Waals surface area (Å²) in [5, 5.41) is 0. The Labute approximate surface area is 169 Å². The lowest BCUT2D eigenvalue weighted by Crippen LogP contribution is -2.42. The van der Waals surface area contributed by atoms with E-state index in [1.807, 2.05) is 34.1 Å². The predicted octanol–water partition coefficient (Wildman–Crippen LogP) is 3.98. The molecule has 2 aliphatic rings. The zero-order valence-corrected chi connectivity index (χ0v) is 17.4. The van der Waals surface area contributed by atoms with Crippen molar-refractivity contribution in [3.8, 4) is 5.75 Å². The highest BCUT2D eigenvalue weighted by atomic mass is 16.5. The summed E-state index contributed by atoms with van der Waals surface area (Å²) < 4.78 is 6.09. The summed E-state index contributed by atoms with van der Waals surface area (Å²) in [5.41, 5.74) is 0.672. The Morgan fingerprint density at radius 3 is 2.29 bits per heavy atom. The van der Waals surface area contributed by atoms with Crippen LogP contribution in [0.15, 0.2) is 24.3 Å². The van der Waals surface area contributed by atoms with Gasteiger partial charge in [-0.05, 0) is 56.6 Å². The molecule has 0 bridgehead atoms. The fourth-order valence-electron chi connectivity index (χ4n) is 4.28. The van der Waals surface area contributed by atoms with Crippen LogP contribution in [0.3, 0.4) is 0 Å². The summed E-state index contributed by atoms with van der Waals surface area (Å²) in [6.45, 7) is 8.11. The van der Waals surface area contributed by atoms with Gasteiger partial charge in [-0.2, -0.15) is 0 Å². The zero-order chi connectivity index (χ0) is 19.9. The molecule has 0 aromatic heterocycles. The van der Waals surface area contributed by atoms with Crippen molar-refractivity contribution in [1.29, 1.82) is 0 Å². The Kier molecular flexibility index (Phi) is 7.35. The standard InChI is InChI=1S/C23H34N2O3/c1-3-19(4-2)22(26)25-15-11-18(12-16-25)17-28-21-10-6-5-9-20(21)23(27)24-13-7-8-14-24/h5-6,9-10,18-19H,3-4,7-8,11-17H2,1-2H3. The largest absolute Gasteiger partial charge is 0.492 e. The van der Waals surface area contributed by atoms with Crippen LogP contribution in [0.4, 0.5) is 0 Å². The van der Waals surface area contributed by atoms with Crippen LogP contribution in [-0.4, -0.2) is 54.4 Å². The Morgan fingerprint density at radius 1 is 1.00 bits per heavy atom. The maximum atomic E-state index is 12.8. The summed E-state index contributed by atoms with van der Waals surface area (Å²) in [7, 11) is 0. The van der Waals surface area contributed by atoms with Gasteiger partial charge in [0, 0.05) is 32.1 Å². The van der Waals surface area contributed by atoms with Gasteiger partial charge in [0.2, 0.25) is 5.91 Å². The monoisotopic (exact) mass is 386 g/mol. The number of hydrogen-bond acceptors (Lipinski definition) is 3. The summed E-state index contributed by atoms with van der Waals surface area (Å²) in [4.78, 5) is 29.3. The molecule has 2 fully saturated rings. The van der Waals surface area contributed by atoms with Crippen LogP contribution < -0.4 is 4.74 Å². The number of rotatable bonds is 7. The first-order chi connectivity index (χ1) is 13.6. The molecule has 5 heteroatoms. The molecule has 0 unspecified atom stereocenters. The van der Waals surface area contributed by atoms with Crippen molar-refractivity contribution in [2.75, 3.05) is 32.8 Å². The van der Waals surface area contributed by atoms with Gasteiger partial charge in [0.1, 0.15) is 5.75 Å². The Bertz CT molecular complexity index is 658. The summed E-state index contributed by atoms with van der Waals surface area (Å²) in [6, 6.07) is 7.59. The summed E-state index contributed by atoms with van der Waals surface area (Å²) >= 11 is 0. The van der Waals surface area contributed by atoms with Crippen LogP contribution >= 0.6 is 0 Å². The molecule has 2 amide bonds. The Balaban J connectivity index is 1.52. The van der Waals surface area contributed by atoms with Crippen LogP contribution in [0, 0.1) is 11.8 Å². The highest BCUT2D eigenvalue weighted by Crippen LogP contribution is 2.25. The topological polar surface area (TPSA) is 49.9 Å². The van der Waals surface area contributed by atoms with E-state index in [9.17, 15) is 9.59 Å². The third-order valence-corrected chi connectivity index (χ3v) is 6.25. The molecule has 5 nitrogen and oxygen atoms in total. The minimum absolute atomic E-state index is 0.0821. The van der Waals surface area contributed by atoms with Gasteiger partial charge in [0.15, 0.2) is 0 Å². The molecule has 0 saturated carbocycles. The molecule has 1 aromatic carbocycles. The van der Waals surface area contributed by atoms with Gasteiger partial charge in [0.25, 0.3) is 5.91 Å². The maximum absolute atomic E-state index is 12.8. The average Bonchev–Trinajstić information content (AvgIpc) is 3.28. The van der Waals surface area contributed by atoms with Gasteiger partial charge in [-0.3, -0.25) is 9.59 Å². The fourth-order valence-corrected chi connectivity index (χ4v) is 4.28. The van der Waals surface area contributed by atoms with Gasteiger partial charge in [-0.15, -0.1) is 0 Å². The molecular weight excluding hydrogens is 352 g/mol. The number of nitrogens with zero attached hydrogens (tertiary/aromatic N) is 2. The third kappa shape index (κ3) is 4.86. The molecule has 2 aliphatic heterocycles. The second kappa shape index (κ2) is 9.94. The van der Waals surface area contributed by atoms with Gasteiger partial charge < -0.3 is 14.5 Å². The first-order valence-electron chi connectivity index (χ1n) is 10.9. The fraction of sp³-hybridized carbons (Fsp3) is 0.652. The van der Waals surface area contributed by atoms with Gasteiger partial charge in [0.05, 0.1) is 12.2 Å². The number of para-hydroxylation sites is 1. The van der Waals surface area contributed by atoms with Gasteiger partial charge >= 0.3 is 0 Å². The van der Waals surface area contributed by atoms with E-state index in [4.69, 9.17) is 4.74 Å². The number of hydrogen-bond donors (Lipinski definition) is 0. The smallest absolute Gasteiger partial charge is 0.257 e. The Morgan fingerprint density at radius 2 is 1.64 bits per heavy atom. The molecule has 0 spiro atoms. The van der Waals surface area contributed by atoms with Crippen LogP contribution in [0.2, 0.25) is 0 Å². The number of carbonyl (C=O) groups excluding carboxylic acids is 2. The van der Waals surface area contributed by atoms with Crippen molar-refractivity contribution < 1.29 is 14.3 Å². The molecular formula is C23H34N2O3. The van der Waals surface area contributed by atoms with Crippen molar-refractivity contribution >= 4 is 11.8 Å². The molecule has 3 rings (SSSR count). The van der Waals surface area contributed by atoms with Crippen LogP contribution in [0.5, 0.6) is 5.75 Å². The van der Waals surface area contributed by atoms with Gasteiger partial charge in [-0.25, -0.2) is 0 Å². The Hall–Kier alpha value is -2.04. The van der Waals surface area contributed by atoms with E-state index in [0.29, 0.717) is 29.7 Å². The van der Waals surface area contributed by atoms with Crippen LogP contribution in [0.1, 0.15) is 62.7 Å². The zero-order valence-electron chi connectivity index (χ0n) is 17.4. The summed E-state index contributed by atoms with van der Waals surface area (Å²) in [6.07, 6.45) is 5.94. The maximum Gasteiger partial charge on any atom is 0.257 e. The van der Waals surface area contributed by atoms with Crippen molar-refractivity contribution in [2.24, 2.45) is 11.8 Å². The number of carbonyl (C=O) groups is 2. The molecule has 2 saturated heterocycles. The molecule has 0 N–H and O–H groups in total. The quantitative estimate of drug-likeness (QED) is 0.712. The van der Waals surface area contributed by atoms with E-state index >= 15 is 0 Å². The molecule has 0 aliphatic carbocycles. The van der Waals surface area contributed by atoms with E-state index < -0.39 is 0 Å². The highest BCUT2D eigenvalue weighted by Gasteiger charge is 2.27. The number of benzene rings is 1. The lowest BCUT2D eigenvalue weighted by Gasteiger charge is -2.34. The number of amides is 2. The van der Waals surface area contributed by atoms with Gasteiger partial charge in [-0.1, -0.05) is 26.0 Å². The van der Waals surface area contributed by atoms with Crippen molar-refractivity contribution in [3.05, 3.63) is 29.8 Å². The van der Waals surface area contributed by atoms with E-state index in [2.05, 4.69) is 13.8 Å². The number of piperidine rings is 1. The molecule has 0 atom stereocenters. The molecule has 2 heterocycles. The highest BCUT2D eigenvalue weighted by molar-refractivity contribution is 5.97. The first kappa shape index (κ1) is 20.7. The first-order valence-corrected chi connectivity index (χ1v) is 10.9. The summed E-state index contributed by atoms with van der Waals surface area (Å²) in [5.74, 6) is 1.68. The van der Waals surface area contributed by atoms with Crippen molar-refractivity contribution in [1.82, 2.24) is 9.80 Å². The number of likely N-dealkylation sites (tertiary alicyclic amines) is 2. The minimum Gasteiger partial charge on any atom is -0.492 e. The van der Waals surface area contributed by atoms with Crippen molar-refractivity contribution in [3.63, 3.8) is 0 Å². The van der Waals surface area contributed by atoms with E-state index in [1.165, 1.54) is 0 Å². The van der Waals surface area contributed by atoms with Crippen LogP contribution in [-0.2, 0) is 4.79 Å². The minimum atomic E-state index is 0.0821. The normalized spacial score (nSPS) is 18.0. The van der Waals surface area contributed by atoms with Crippen molar-refractivity contribution in [2.45, 2.75) is 52.4 Å². The third-order valence-electron chi connectivity index (χ3n) is 6.25. The van der Waals surface area contributed by atoms with E-state index in [-0.39, 0.29) is 11.8 Å². The van der Waals surface area contributed by atoms with E-state index in [0.717, 1.165) is 64.7 Å². The second-order valence-corrected chi connectivity index (χ2v) is 8.09.